The molecule has 0 radical (unpaired) electrons. The van der Waals surface area contributed by atoms with Gasteiger partial charge in [0.25, 0.3) is 11.8 Å². The first-order chi connectivity index (χ1) is 8.31. The Hall–Kier alpha value is -2.16. The zero-order valence-corrected chi connectivity index (χ0v) is 10.4. The van der Waals surface area contributed by atoms with Crippen LogP contribution in [-0.4, -0.2) is 67.7 Å². The number of carbonyl (C=O) groups is 4. The molecule has 18 heavy (non-hydrogen) atoms. The highest BCUT2D eigenvalue weighted by Crippen LogP contribution is 2.20. The lowest BCUT2D eigenvalue weighted by molar-refractivity contribution is -0.174. The number of rotatable bonds is 2. The number of methoxy groups -OCH3 is 1. The van der Waals surface area contributed by atoms with Crippen molar-refractivity contribution >= 4 is 23.9 Å². The van der Waals surface area contributed by atoms with E-state index in [1.54, 1.807) is 0 Å². The molecule has 0 unspecified atom stereocenters. The molecule has 2 N–H and O–H groups in total. The number of ether oxygens (including phenoxy) is 1. The fourth-order valence-electron chi connectivity index (χ4n) is 1.52. The third-order valence-corrected chi connectivity index (χ3v) is 2.61. The third kappa shape index (κ3) is 1.78. The van der Waals surface area contributed by atoms with Gasteiger partial charge in [-0.25, -0.2) is 9.59 Å². The Labute approximate surface area is 103 Å². The van der Waals surface area contributed by atoms with Gasteiger partial charge in [0.2, 0.25) is 0 Å². The zero-order valence-electron chi connectivity index (χ0n) is 10.4. The molecule has 0 spiro atoms. The summed E-state index contributed by atoms with van der Waals surface area (Å²) in [5.74, 6) is -1.91. The summed E-state index contributed by atoms with van der Waals surface area (Å²) in [5.41, 5.74) is -2.22. The van der Waals surface area contributed by atoms with Crippen LogP contribution < -0.4 is 10.6 Å². The van der Waals surface area contributed by atoms with Gasteiger partial charge in [0, 0.05) is 28.3 Å². The SMILES string of the molecule is CNC(=O)NC1(OC)C(=O)N(C)C(=O)N(C)C1=O. The molecule has 0 aromatic rings. The number of urea groups is 2. The molecule has 9 nitrogen and oxygen atoms in total. The summed E-state index contributed by atoms with van der Waals surface area (Å²) in [6, 6.07) is -1.58. The second kappa shape index (κ2) is 4.61. The summed E-state index contributed by atoms with van der Waals surface area (Å²) in [4.78, 5) is 48.2. The van der Waals surface area contributed by atoms with Crippen LogP contribution in [0.15, 0.2) is 0 Å². The van der Waals surface area contributed by atoms with Crippen LogP contribution in [0.3, 0.4) is 0 Å². The van der Waals surface area contributed by atoms with Crippen LogP contribution in [-0.2, 0) is 14.3 Å². The monoisotopic (exact) mass is 258 g/mol. The van der Waals surface area contributed by atoms with Crippen molar-refractivity contribution in [1.29, 1.82) is 0 Å². The van der Waals surface area contributed by atoms with Crippen molar-refractivity contribution < 1.29 is 23.9 Å². The fraction of sp³-hybridized carbons (Fsp3) is 0.556. The molecule has 6 amide bonds. The van der Waals surface area contributed by atoms with Gasteiger partial charge in [-0.05, 0) is 0 Å². The minimum absolute atomic E-state index is 0.695. The molecule has 1 aliphatic rings. The van der Waals surface area contributed by atoms with Crippen LogP contribution in [0.1, 0.15) is 0 Å². The molecule has 1 aliphatic heterocycles. The summed E-state index contributed by atoms with van der Waals surface area (Å²) in [6.07, 6.45) is 0. The Bertz CT molecular complexity index is 397. The normalized spacial score (nSPS) is 19.0. The molecular weight excluding hydrogens is 244 g/mol. The molecule has 9 heteroatoms. The number of nitrogens with zero attached hydrogens (tertiary/aromatic N) is 2. The van der Waals surface area contributed by atoms with E-state index in [1.165, 1.54) is 21.1 Å². The van der Waals surface area contributed by atoms with E-state index in [4.69, 9.17) is 4.74 Å². The lowest BCUT2D eigenvalue weighted by Gasteiger charge is -2.40. The average Bonchev–Trinajstić information content (AvgIpc) is 2.39. The second-order valence-corrected chi connectivity index (χ2v) is 3.60. The first kappa shape index (κ1) is 13.9. The molecule has 0 aromatic heterocycles. The highest BCUT2D eigenvalue weighted by molar-refractivity contribution is 6.22. The number of nitrogens with one attached hydrogen (secondary N) is 2. The smallest absolute Gasteiger partial charge is 0.333 e. The molecule has 0 saturated carbocycles. The van der Waals surface area contributed by atoms with Crippen LogP contribution in [0.5, 0.6) is 0 Å². The van der Waals surface area contributed by atoms with Crippen molar-refractivity contribution in [3.05, 3.63) is 0 Å². The van der Waals surface area contributed by atoms with E-state index in [2.05, 4.69) is 10.6 Å². The van der Waals surface area contributed by atoms with E-state index in [-0.39, 0.29) is 0 Å². The quantitative estimate of drug-likeness (QED) is 0.454. The molecule has 100 valence electrons. The van der Waals surface area contributed by atoms with Crippen molar-refractivity contribution in [3.8, 4) is 0 Å². The Kier molecular flexibility index (Phi) is 3.56. The standard InChI is InChI=1S/C9H14N4O5/c1-10-7(16)11-9(18-4)5(14)12(2)8(17)13(3)6(9)15/h1-4H3,(H2,10,11,16). The van der Waals surface area contributed by atoms with Crippen LogP contribution in [0, 0.1) is 0 Å². The lowest BCUT2D eigenvalue weighted by Crippen LogP contribution is -2.74. The summed E-state index contributed by atoms with van der Waals surface area (Å²) in [6.45, 7) is 0. The van der Waals surface area contributed by atoms with E-state index in [0.29, 0.717) is 9.80 Å². The van der Waals surface area contributed by atoms with Gasteiger partial charge in [0.05, 0.1) is 0 Å². The molecule has 0 bridgehead atoms. The van der Waals surface area contributed by atoms with Gasteiger partial charge in [0.15, 0.2) is 0 Å². The minimum Gasteiger partial charge on any atom is -0.343 e. The van der Waals surface area contributed by atoms with Crippen molar-refractivity contribution in [2.24, 2.45) is 0 Å². The molecule has 1 saturated heterocycles. The number of amides is 6. The molecule has 0 aliphatic carbocycles. The van der Waals surface area contributed by atoms with Gasteiger partial charge < -0.3 is 10.1 Å². The second-order valence-electron chi connectivity index (χ2n) is 3.60. The van der Waals surface area contributed by atoms with Crippen LogP contribution in [0.2, 0.25) is 0 Å². The molecule has 1 fully saturated rings. The van der Waals surface area contributed by atoms with Crippen molar-refractivity contribution in [3.63, 3.8) is 0 Å². The highest BCUT2D eigenvalue weighted by Gasteiger charge is 2.57. The van der Waals surface area contributed by atoms with Gasteiger partial charge in [-0.1, -0.05) is 0 Å². The summed E-state index contributed by atoms with van der Waals surface area (Å²) >= 11 is 0. The van der Waals surface area contributed by atoms with E-state index in [9.17, 15) is 19.2 Å². The highest BCUT2D eigenvalue weighted by atomic mass is 16.5. The largest absolute Gasteiger partial charge is 0.343 e. The lowest BCUT2D eigenvalue weighted by atomic mass is 10.1. The first-order valence-corrected chi connectivity index (χ1v) is 4.97. The molecule has 0 aromatic carbocycles. The fourth-order valence-corrected chi connectivity index (χ4v) is 1.52. The number of carbonyl (C=O) groups excluding carboxylic acids is 4. The number of barbiturate groups is 1. The maximum absolute atomic E-state index is 12.0. The maximum Gasteiger partial charge on any atom is 0.333 e. The Morgan fingerprint density at radius 1 is 1.17 bits per heavy atom. The molecule has 1 heterocycles. The van der Waals surface area contributed by atoms with E-state index < -0.39 is 29.6 Å². The summed E-state index contributed by atoms with van der Waals surface area (Å²) in [5, 5.41) is 4.30. The minimum atomic E-state index is -2.22. The average molecular weight is 258 g/mol. The van der Waals surface area contributed by atoms with Crippen LogP contribution in [0.4, 0.5) is 9.59 Å². The van der Waals surface area contributed by atoms with Crippen LogP contribution >= 0.6 is 0 Å². The molecule has 1 rings (SSSR count). The van der Waals surface area contributed by atoms with E-state index in [1.807, 2.05) is 0 Å². The molecular formula is C9H14N4O5. The topological polar surface area (TPSA) is 108 Å². The number of likely N-dealkylation sites (N-methyl/N-ethyl adjacent to an activating group) is 2. The van der Waals surface area contributed by atoms with Gasteiger partial charge in [-0.3, -0.25) is 24.7 Å². The van der Waals surface area contributed by atoms with Gasteiger partial charge in [-0.2, -0.15) is 0 Å². The Morgan fingerprint density at radius 2 is 1.61 bits per heavy atom. The number of imide groups is 2. The Morgan fingerprint density at radius 3 is 1.94 bits per heavy atom. The predicted molar refractivity (Wildman–Crippen MR) is 58.3 cm³/mol. The number of hydrogen-bond donors (Lipinski definition) is 2. The van der Waals surface area contributed by atoms with Gasteiger partial charge in [0.1, 0.15) is 0 Å². The summed E-state index contributed by atoms with van der Waals surface area (Å²) < 4.78 is 4.86. The number of hydrogen-bond acceptors (Lipinski definition) is 5. The van der Waals surface area contributed by atoms with Crippen LogP contribution in [0.25, 0.3) is 0 Å². The Balaban J connectivity index is 3.23. The van der Waals surface area contributed by atoms with Crippen molar-refractivity contribution in [2.45, 2.75) is 5.72 Å². The predicted octanol–water partition coefficient (Wildman–Crippen LogP) is -1.69. The van der Waals surface area contributed by atoms with E-state index in [0.717, 1.165) is 7.11 Å². The zero-order chi connectivity index (χ0) is 14.1. The molecule has 0 atom stereocenters. The van der Waals surface area contributed by atoms with Crippen molar-refractivity contribution in [1.82, 2.24) is 20.4 Å². The first-order valence-electron chi connectivity index (χ1n) is 4.97. The summed E-state index contributed by atoms with van der Waals surface area (Å²) in [7, 11) is 4.78. The van der Waals surface area contributed by atoms with E-state index >= 15 is 0 Å². The van der Waals surface area contributed by atoms with Crippen molar-refractivity contribution in [2.75, 3.05) is 28.3 Å². The maximum atomic E-state index is 12.0. The third-order valence-electron chi connectivity index (χ3n) is 2.61. The van der Waals surface area contributed by atoms with Gasteiger partial charge in [-0.15, -0.1) is 0 Å². The van der Waals surface area contributed by atoms with Gasteiger partial charge >= 0.3 is 17.8 Å².